The minimum absolute atomic E-state index is 0.0921. The van der Waals surface area contributed by atoms with Crippen LogP contribution in [-0.2, 0) is 0 Å². The number of carbonyl (C=O) groups excluding carboxylic acids is 1. The summed E-state index contributed by atoms with van der Waals surface area (Å²) < 4.78 is 13.0. The van der Waals surface area contributed by atoms with E-state index in [-0.39, 0.29) is 17.8 Å². The highest BCUT2D eigenvalue weighted by Crippen LogP contribution is 2.24. The number of hydrogen-bond acceptors (Lipinski definition) is 1. The Kier molecular flexibility index (Phi) is 4.38. The molecule has 2 nitrogen and oxygen atoms in total. The van der Waals surface area contributed by atoms with E-state index in [4.69, 9.17) is 0 Å². The van der Waals surface area contributed by atoms with Crippen LogP contribution in [0.15, 0.2) is 18.2 Å². The average molecular weight is 314 g/mol. The number of carbonyl (C=O) groups is 1. The lowest BCUT2D eigenvalue weighted by atomic mass is 9.95. The van der Waals surface area contributed by atoms with Crippen molar-refractivity contribution < 1.29 is 9.18 Å². The van der Waals surface area contributed by atoms with Gasteiger partial charge in [0.1, 0.15) is 5.82 Å². The molecule has 98 valence electrons. The predicted octanol–water partition coefficient (Wildman–Crippen LogP) is 3.57. The van der Waals surface area contributed by atoms with E-state index < -0.39 is 0 Å². The van der Waals surface area contributed by atoms with Crippen molar-refractivity contribution in [1.29, 1.82) is 0 Å². The molecule has 1 saturated carbocycles. The molecule has 2 rings (SSSR count). The minimum atomic E-state index is -0.302. The van der Waals surface area contributed by atoms with Crippen LogP contribution in [0.1, 0.15) is 41.6 Å². The van der Waals surface area contributed by atoms with Gasteiger partial charge in [-0.2, -0.15) is 0 Å². The Labute approximate surface area is 115 Å². The fourth-order valence-corrected chi connectivity index (χ4v) is 2.87. The first-order valence-electron chi connectivity index (χ1n) is 6.27. The molecule has 18 heavy (non-hydrogen) atoms. The molecule has 0 atom stereocenters. The fourth-order valence-electron chi connectivity index (χ4n) is 2.34. The molecule has 0 aromatic heterocycles. The highest BCUT2D eigenvalue weighted by Gasteiger charge is 2.21. The predicted molar refractivity (Wildman–Crippen MR) is 73.6 cm³/mol. The summed E-state index contributed by atoms with van der Waals surface area (Å²) in [6, 6.07) is 4.52. The normalized spacial score (nSPS) is 23.7. The standard InChI is InChI=1S/C14H17BrFNO/c1-9-8-11(16)4-7-13(9)14(18)17-12-5-2-10(15)3-6-12/h4,7-8,10,12H,2-3,5-6H2,1H3,(H,17,18). The molecule has 0 heterocycles. The van der Waals surface area contributed by atoms with Crippen molar-refractivity contribution in [2.75, 3.05) is 0 Å². The third kappa shape index (κ3) is 3.31. The molecule has 1 aromatic rings. The summed E-state index contributed by atoms with van der Waals surface area (Å²) in [5, 5.41) is 3.03. The molecule has 1 aliphatic rings. The molecule has 1 aromatic carbocycles. The number of nitrogens with one attached hydrogen (secondary N) is 1. The van der Waals surface area contributed by atoms with E-state index in [1.807, 2.05) is 0 Å². The van der Waals surface area contributed by atoms with Crippen LogP contribution in [0.4, 0.5) is 4.39 Å². The largest absolute Gasteiger partial charge is 0.349 e. The number of benzene rings is 1. The van der Waals surface area contributed by atoms with Crippen LogP contribution in [0, 0.1) is 12.7 Å². The Balaban J connectivity index is 1.99. The summed E-state index contributed by atoms with van der Waals surface area (Å²) in [6.07, 6.45) is 4.19. The highest BCUT2D eigenvalue weighted by molar-refractivity contribution is 9.09. The first kappa shape index (κ1) is 13.5. The van der Waals surface area contributed by atoms with Crippen LogP contribution in [0.5, 0.6) is 0 Å². The van der Waals surface area contributed by atoms with Gasteiger partial charge in [-0.3, -0.25) is 4.79 Å². The lowest BCUT2D eigenvalue weighted by Gasteiger charge is -2.26. The van der Waals surface area contributed by atoms with Crippen LogP contribution in [0.25, 0.3) is 0 Å². The molecule has 0 bridgehead atoms. The van der Waals surface area contributed by atoms with Gasteiger partial charge in [-0.1, -0.05) is 15.9 Å². The van der Waals surface area contributed by atoms with Crippen LogP contribution in [0.2, 0.25) is 0 Å². The summed E-state index contributed by atoms with van der Waals surface area (Å²) in [7, 11) is 0. The van der Waals surface area contributed by atoms with Gasteiger partial charge in [0.2, 0.25) is 0 Å². The Morgan fingerprint density at radius 3 is 2.61 bits per heavy atom. The molecule has 0 radical (unpaired) electrons. The second-order valence-corrected chi connectivity index (χ2v) is 6.18. The van der Waals surface area contributed by atoms with Crippen molar-refractivity contribution in [3.8, 4) is 0 Å². The van der Waals surface area contributed by atoms with Gasteiger partial charge in [0.15, 0.2) is 0 Å². The van der Waals surface area contributed by atoms with Crippen molar-refractivity contribution in [2.24, 2.45) is 0 Å². The molecule has 0 saturated heterocycles. The maximum atomic E-state index is 13.0. The second kappa shape index (κ2) is 5.83. The number of hydrogen-bond donors (Lipinski definition) is 1. The van der Waals surface area contributed by atoms with Crippen LogP contribution < -0.4 is 5.32 Å². The van der Waals surface area contributed by atoms with Crippen molar-refractivity contribution in [2.45, 2.75) is 43.5 Å². The highest BCUT2D eigenvalue weighted by atomic mass is 79.9. The number of aryl methyl sites for hydroxylation is 1. The van der Waals surface area contributed by atoms with Gasteiger partial charge in [-0.05, 0) is 56.4 Å². The topological polar surface area (TPSA) is 29.1 Å². The van der Waals surface area contributed by atoms with Crippen LogP contribution >= 0.6 is 15.9 Å². The van der Waals surface area contributed by atoms with Crippen molar-refractivity contribution in [1.82, 2.24) is 5.32 Å². The van der Waals surface area contributed by atoms with Crippen molar-refractivity contribution >= 4 is 21.8 Å². The van der Waals surface area contributed by atoms with E-state index in [2.05, 4.69) is 21.2 Å². The number of halogens is 2. The number of rotatable bonds is 2. The summed E-state index contributed by atoms with van der Waals surface area (Å²) in [4.78, 5) is 12.7. The van der Waals surface area contributed by atoms with Gasteiger partial charge < -0.3 is 5.32 Å². The summed E-state index contributed by atoms with van der Waals surface area (Å²) in [5.74, 6) is -0.394. The van der Waals surface area contributed by atoms with Crippen LogP contribution in [-0.4, -0.2) is 16.8 Å². The van der Waals surface area contributed by atoms with Gasteiger partial charge in [-0.25, -0.2) is 4.39 Å². The Morgan fingerprint density at radius 2 is 2.00 bits per heavy atom. The Bertz CT molecular complexity index is 441. The molecule has 1 fully saturated rings. The molecule has 0 aliphatic heterocycles. The maximum Gasteiger partial charge on any atom is 0.251 e. The molecule has 4 heteroatoms. The van der Waals surface area contributed by atoms with E-state index in [0.717, 1.165) is 25.7 Å². The van der Waals surface area contributed by atoms with Crippen molar-refractivity contribution in [3.63, 3.8) is 0 Å². The molecule has 0 unspecified atom stereocenters. The van der Waals surface area contributed by atoms with Gasteiger partial charge in [-0.15, -0.1) is 0 Å². The summed E-state index contributed by atoms with van der Waals surface area (Å²) in [6.45, 7) is 1.76. The van der Waals surface area contributed by atoms with E-state index in [0.29, 0.717) is 16.0 Å². The van der Waals surface area contributed by atoms with E-state index in [1.54, 1.807) is 13.0 Å². The maximum absolute atomic E-state index is 13.0. The number of alkyl halides is 1. The molecule has 0 spiro atoms. The monoisotopic (exact) mass is 313 g/mol. The first-order valence-corrected chi connectivity index (χ1v) is 7.19. The first-order chi connectivity index (χ1) is 8.56. The van der Waals surface area contributed by atoms with Gasteiger partial charge in [0, 0.05) is 16.4 Å². The van der Waals surface area contributed by atoms with E-state index in [1.165, 1.54) is 12.1 Å². The van der Waals surface area contributed by atoms with Crippen molar-refractivity contribution in [3.05, 3.63) is 35.1 Å². The van der Waals surface area contributed by atoms with Gasteiger partial charge in [0.05, 0.1) is 0 Å². The lowest BCUT2D eigenvalue weighted by Crippen LogP contribution is -2.38. The van der Waals surface area contributed by atoms with Gasteiger partial charge in [0.25, 0.3) is 5.91 Å². The molecular weight excluding hydrogens is 297 g/mol. The smallest absolute Gasteiger partial charge is 0.251 e. The van der Waals surface area contributed by atoms with Crippen LogP contribution in [0.3, 0.4) is 0 Å². The number of amides is 1. The van der Waals surface area contributed by atoms with Gasteiger partial charge >= 0.3 is 0 Å². The fraction of sp³-hybridized carbons (Fsp3) is 0.500. The zero-order valence-electron chi connectivity index (χ0n) is 10.4. The zero-order chi connectivity index (χ0) is 13.1. The quantitative estimate of drug-likeness (QED) is 0.831. The third-order valence-electron chi connectivity index (χ3n) is 3.43. The zero-order valence-corrected chi connectivity index (χ0v) is 12.0. The molecule has 1 N–H and O–H groups in total. The Hall–Kier alpha value is -0.900. The van der Waals surface area contributed by atoms with E-state index in [9.17, 15) is 9.18 Å². The van der Waals surface area contributed by atoms with E-state index >= 15 is 0 Å². The second-order valence-electron chi connectivity index (χ2n) is 4.88. The molecule has 1 amide bonds. The lowest BCUT2D eigenvalue weighted by molar-refractivity contribution is 0.0927. The molecular formula is C14H17BrFNO. The summed E-state index contributed by atoms with van der Waals surface area (Å²) >= 11 is 3.59. The Morgan fingerprint density at radius 1 is 1.33 bits per heavy atom. The molecule has 1 aliphatic carbocycles. The SMILES string of the molecule is Cc1cc(F)ccc1C(=O)NC1CCC(Br)CC1. The minimum Gasteiger partial charge on any atom is -0.349 e. The third-order valence-corrected chi connectivity index (χ3v) is 4.34. The average Bonchev–Trinajstić information content (AvgIpc) is 2.32. The summed E-state index contributed by atoms with van der Waals surface area (Å²) in [5.41, 5.74) is 1.25.